The van der Waals surface area contributed by atoms with Crippen LogP contribution in [0.4, 0.5) is 0 Å². The first-order valence-electron chi connectivity index (χ1n) is 6.04. The smallest absolute Gasteiger partial charge is 0.163 e. The Bertz CT molecular complexity index is 405. The summed E-state index contributed by atoms with van der Waals surface area (Å²) in [5.74, 6) is 1.66. The van der Waals surface area contributed by atoms with E-state index in [1.807, 2.05) is 0 Å². The third-order valence-corrected chi connectivity index (χ3v) is 3.48. The first kappa shape index (κ1) is 12.2. The molecular weight excluding hydrogens is 216 g/mol. The molecule has 0 aromatic heterocycles. The number of fused-ring (bicyclic) bond motifs is 1. The molecule has 17 heavy (non-hydrogen) atoms. The van der Waals surface area contributed by atoms with Gasteiger partial charge in [0.1, 0.15) is 13.1 Å². The van der Waals surface area contributed by atoms with Gasteiger partial charge in [0.2, 0.25) is 0 Å². The van der Waals surface area contributed by atoms with Gasteiger partial charge in [-0.25, -0.2) is 0 Å². The highest BCUT2D eigenvalue weighted by Crippen LogP contribution is 2.32. The summed E-state index contributed by atoms with van der Waals surface area (Å²) in [6.07, 6.45) is 0. The van der Waals surface area contributed by atoms with Crippen molar-refractivity contribution in [1.82, 2.24) is 0 Å². The maximum absolute atomic E-state index is 5.39. The molecule has 1 aromatic carbocycles. The summed E-state index contributed by atoms with van der Waals surface area (Å²) in [6.45, 7) is 2.16. The summed E-state index contributed by atoms with van der Waals surface area (Å²) >= 11 is 0. The number of methoxy groups -OCH3 is 2. The zero-order valence-electron chi connectivity index (χ0n) is 11.0. The van der Waals surface area contributed by atoms with Crippen molar-refractivity contribution in [2.75, 3.05) is 34.9 Å². The van der Waals surface area contributed by atoms with Crippen LogP contribution in [0.3, 0.4) is 0 Å². The molecular formula is C13H22N2O2+2. The van der Waals surface area contributed by atoms with Gasteiger partial charge in [0.15, 0.2) is 17.5 Å². The Balaban J connectivity index is 2.47. The van der Waals surface area contributed by atoms with Crippen molar-refractivity contribution in [3.05, 3.63) is 23.3 Å². The standard InChI is InChI=1S/C13H20N2O2/c1-15(2)11-8-14-7-9-5-12(16-3)13(17-4)6-10(9)11/h5-6,11,14H,7-8H2,1-4H3/p+2/t11-/m0/s1. The molecule has 0 spiro atoms. The average molecular weight is 238 g/mol. The molecule has 2 rings (SSSR count). The monoisotopic (exact) mass is 238 g/mol. The zero-order valence-corrected chi connectivity index (χ0v) is 11.0. The molecule has 1 aliphatic rings. The van der Waals surface area contributed by atoms with Crippen LogP contribution in [0.15, 0.2) is 12.1 Å². The minimum atomic E-state index is 0.526. The number of rotatable bonds is 3. The lowest BCUT2D eigenvalue weighted by molar-refractivity contribution is -0.912. The number of nitrogens with one attached hydrogen (secondary N) is 1. The molecule has 0 saturated heterocycles. The Hall–Kier alpha value is -1.26. The maximum atomic E-state index is 5.39. The zero-order chi connectivity index (χ0) is 12.4. The second-order valence-corrected chi connectivity index (χ2v) is 4.76. The molecule has 94 valence electrons. The number of quaternary nitrogens is 2. The van der Waals surface area contributed by atoms with Gasteiger partial charge in [-0.05, 0) is 12.1 Å². The van der Waals surface area contributed by atoms with E-state index in [2.05, 4.69) is 31.5 Å². The normalized spacial score (nSPS) is 19.0. The van der Waals surface area contributed by atoms with Gasteiger partial charge in [0.25, 0.3) is 0 Å². The third-order valence-electron chi connectivity index (χ3n) is 3.48. The Morgan fingerprint density at radius 1 is 1.18 bits per heavy atom. The quantitative estimate of drug-likeness (QED) is 0.706. The highest BCUT2D eigenvalue weighted by atomic mass is 16.5. The van der Waals surface area contributed by atoms with Crippen LogP contribution in [-0.4, -0.2) is 34.9 Å². The van der Waals surface area contributed by atoms with Gasteiger partial charge in [0.05, 0.1) is 28.3 Å². The Kier molecular flexibility index (Phi) is 3.54. The van der Waals surface area contributed by atoms with E-state index in [0.29, 0.717) is 6.04 Å². The van der Waals surface area contributed by atoms with Crippen molar-refractivity contribution in [3.8, 4) is 11.5 Å². The highest BCUT2D eigenvalue weighted by molar-refractivity contribution is 5.48. The lowest BCUT2D eigenvalue weighted by Gasteiger charge is -2.27. The molecule has 0 unspecified atom stereocenters. The van der Waals surface area contributed by atoms with Gasteiger partial charge in [-0.1, -0.05) is 0 Å². The summed E-state index contributed by atoms with van der Waals surface area (Å²) < 4.78 is 10.7. The fourth-order valence-corrected chi connectivity index (χ4v) is 2.52. The van der Waals surface area contributed by atoms with Crippen LogP contribution in [0.2, 0.25) is 0 Å². The number of ether oxygens (including phenoxy) is 2. The summed E-state index contributed by atoms with van der Waals surface area (Å²) in [4.78, 5) is 1.45. The number of hydrogen-bond acceptors (Lipinski definition) is 2. The predicted molar refractivity (Wildman–Crippen MR) is 65.6 cm³/mol. The van der Waals surface area contributed by atoms with Crippen molar-refractivity contribution >= 4 is 0 Å². The van der Waals surface area contributed by atoms with E-state index >= 15 is 0 Å². The topological polar surface area (TPSA) is 39.5 Å². The van der Waals surface area contributed by atoms with Crippen LogP contribution in [0.5, 0.6) is 11.5 Å². The minimum absolute atomic E-state index is 0.526. The fraction of sp³-hybridized carbons (Fsp3) is 0.538. The van der Waals surface area contributed by atoms with Crippen molar-refractivity contribution in [3.63, 3.8) is 0 Å². The van der Waals surface area contributed by atoms with Gasteiger partial charge >= 0.3 is 0 Å². The fourth-order valence-electron chi connectivity index (χ4n) is 2.52. The van der Waals surface area contributed by atoms with Crippen LogP contribution in [0.1, 0.15) is 17.2 Å². The number of benzene rings is 1. The van der Waals surface area contributed by atoms with E-state index in [0.717, 1.165) is 24.6 Å². The van der Waals surface area contributed by atoms with Crippen molar-refractivity contribution in [2.45, 2.75) is 12.6 Å². The van der Waals surface area contributed by atoms with Gasteiger partial charge in [0, 0.05) is 11.1 Å². The van der Waals surface area contributed by atoms with Gasteiger partial charge < -0.3 is 19.7 Å². The lowest BCUT2D eigenvalue weighted by Crippen LogP contribution is -3.10. The van der Waals surface area contributed by atoms with Gasteiger partial charge in [-0.2, -0.15) is 0 Å². The number of nitrogens with two attached hydrogens (primary N) is 1. The molecule has 0 bridgehead atoms. The second-order valence-electron chi connectivity index (χ2n) is 4.76. The average Bonchev–Trinajstić information content (AvgIpc) is 2.35. The van der Waals surface area contributed by atoms with Gasteiger partial charge in [-0.3, -0.25) is 0 Å². The Labute approximate surface area is 103 Å². The molecule has 1 atom stereocenters. The molecule has 1 aromatic rings. The van der Waals surface area contributed by atoms with Crippen LogP contribution in [0.25, 0.3) is 0 Å². The van der Waals surface area contributed by atoms with Crippen LogP contribution in [0, 0.1) is 0 Å². The third kappa shape index (κ3) is 2.23. The summed E-state index contributed by atoms with van der Waals surface area (Å²) in [6, 6.07) is 4.78. The maximum Gasteiger partial charge on any atom is 0.163 e. The molecule has 0 saturated carbocycles. The molecule has 4 nitrogen and oxygen atoms in total. The van der Waals surface area contributed by atoms with Crippen LogP contribution in [-0.2, 0) is 6.54 Å². The molecule has 1 aliphatic heterocycles. The molecule has 0 fully saturated rings. The van der Waals surface area contributed by atoms with E-state index in [1.165, 1.54) is 16.0 Å². The van der Waals surface area contributed by atoms with Crippen molar-refractivity contribution < 1.29 is 19.7 Å². The highest BCUT2D eigenvalue weighted by Gasteiger charge is 2.29. The predicted octanol–water partition coefficient (Wildman–Crippen LogP) is -1.03. The summed E-state index contributed by atoms with van der Waals surface area (Å²) in [5.41, 5.74) is 2.75. The largest absolute Gasteiger partial charge is 0.493 e. The Morgan fingerprint density at radius 2 is 1.82 bits per heavy atom. The molecule has 1 heterocycles. The van der Waals surface area contributed by atoms with E-state index in [4.69, 9.17) is 9.47 Å². The molecule has 0 radical (unpaired) electrons. The Morgan fingerprint density at radius 3 is 2.41 bits per heavy atom. The number of hydrogen-bond donors (Lipinski definition) is 2. The van der Waals surface area contributed by atoms with E-state index in [1.54, 1.807) is 14.2 Å². The van der Waals surface area contributed by atoms with Gasteiger partial charge in [-0.15, -0.1) is 0 Å². The summed E-state index contributed by atoms with van der Waals surface area (Å²) in [5, 5.41) is 2.35. The van der Waals surface area contributed by atoms with Crippen LogP contribution < -0.4 is 19.7 Å². The van der Waals surface area contributed by atoms with E-state index in [-0.39, 0.29) is 0 Å². The van der Waals surface area contributed by atoms with Crippen molar-refractivity contribution in [1.29, 1.82) is 0 Å². The molecule has 0 amide bonds. The van der Waals surface area contributed by atoms with Crippen molar-refractivity contribution in [2.24, 2.45) is 0 Å². The summed E-state index contributed by atoms with van der Waals surface area (Å²) in [7, 11) is 7.77. The van der Waals surface area contributed by atoms with E-state index in [9.17, 15) is 0 Å². The molecule has 0 aliphatic carbocycles. The first-order chi connectivity index (χ1) is 8.17. The lowest BCUT2D eigenvalue weighted by atomic mass is 9.95. The first-order valence-corrected chi connectivity index (χ1v) is 6.04. The SMILES string of the molecule is COc1cc2c(cc1OC)[C@@H]([NH+](C)C)C[NH2+]C2. The number of likely N-dealkylation sites (N-methyl/N-ethyl adjacent to an activating group) is 1. The molecule has 3 N–H and O–H groups in total. The second kappa shape index (κ2) is 4.94. The van der Waals surface area contributed by atoms with Crippen LogP contribution >= 0.6 is 0 Å². The van der Waals surface area contributed by atoms with E-state index < -0.39 is 0 Å². The minimum Gasteiger partial charge on any atom is -0.493 e. The molecule has 4 heteroatoms.